The Bertz CT molecular complexity index is 802. The van der Waals surface area contributed by atoms with Gasteiger partial charge in [-0.1, -0.05) is 0 Å². The van der Waals surface area contributed by atoms with Crippen molar-refractivity contribution in [2.45, 2.75) is 42.7 Å². The van der Waals surface area contributed by atoms with Crippen molar-refractivity contribution in [3.05, 3.63) is 29.8 Å². The molecule has 0 aromatic heterocycles. The Hall–Kier alpha value is -1.62. The summed E-state index contributed by atoms with van der Waals surface area (Å²) in [4.78, 5) is 14.1. The molecule has 1 amide bonds. The molecule has 0 spiro atoms. The van der Waals surface area contributed by atoms with Crippen molar-refractivity contribution < 1.29 is 31.5 Å². The van der Waals surface area contributed by atoms with E-state index in [1.807, 2.05) is 4.90 Å². The molecule has 1 aromatic carbocycles. The van der Waals surface area contributed by atoms with Crippen molar-refractivity contribution in [2.75, 3.05) is 40.0 Å². The molecule has 29 heavy (non-hydrogen) atoms. The summed E-state index contributed by atoms with van der Waals surface area (Å²) in [6, 6.07) is 2.20. The maximum Gasteiger partial charge on any atom is 0.249 e. The Kier molecular flexibility index (Phi) is 7.20. The maximum absolute atomic E-state index is 13.5. The van der Waals surface area contributed by atoms with Gasteiger partial charge < -0.3 is 14.4 Å². The lowest BCUT2D eigenvalue weighted by atomic mass is 9.98. The van der Waals surface area contributed by atoms with Crippen LogP contribution in [0.4, 0.5) is 8.78 Å². The molecule has 2 aliphatic heterocycles. The van der Waals surface area contributed by atoms with Crippen LogP contribution in [0.25, 0.3) is 0 Å². The number of hydrogen-bond donors (Lipinski definition) is 0. The predicted molar refractivity (Wildman–Crippen MR) is 101 cm³/mol. The first kappa shape index (κ1) is 22.1. The number of rotatable bonds is 6. The van der Waals surface area contributed by atoms with Crippen LogP contribution in [0.3, 0.4) is 0 Å². The zero-order chi connectivity index (χ0) is 21.0. The first-order valence-electron chi connectivity index (χ1n) is 9.67. The average Bonchev–Trinajstić information content (AvgIpc) is 2.69. The largest absolute Gasteiger partial charge is 0.381 e. The zero-order valence-corrected chi connectivity index (χ0v) is 17.2. The van der Waals surface area contributed by atoms with Gasteiger partial charge in [-0.05, 0) is 37.8 Å². The SMILES string of the molecule is COCC(=O)N(C1CCOCC1)C1CCN(S(=O)(=O)c2cc(F)cc(F)c2)CC1. The fraction of sp³-hybridized carbons (Fsp3) is 0.632. The van der Waals surface area contributed by atoms with Crippen LogP contribution in [0.15, 0.2) is 23.1 Å². The highest BCUT2D eigenvalue weighted by Crippen LogP contribution is 2.27. The van der Waals surface area contributed by atoms with Gasteiger partial charge in [0.2, 0.25) is 15.9 Å². The summed E-state index contributed by atoms with van der Waals surface area (Å²) in [6.07, 6.45) is 2.36. The van der Waals surface area contributed by atoms with E-state index in [9.17, 15) is 22.0 Å². The highest BCUT2D eigenvalue weighted by Gasteiger charge is 2.37. The second-order valence-electron chi connectivity index (χ2n) is 7.32. The third kappa shape index (κ3) is 5.11. The molecule has 3 rings (SSSR count). The molecule has 2 saturated heterocycles. The minimum atomic E-state index is -4.01. The number of benzene rings is 1. The summed E-state index contributed by atoms with van der Waals surface area (Å²) >= 11 is 0. The van der Waals surface area contributed by atoms with E-state index < -0.39 is 26.6 Å². The molecule has 2 fully saturated rings. The Labute approximate surface area is 169 Å². The second-order valence-corrected chi connectivity index (χ2v) is 9.26. The highest BCUT2D eigenvalue weighted by atomic mass is 32.2. The van der Waals surface area contributed by atoms with E-state index in [0.29, 0.717) is 32.1 Å². The molecule has 0 saturated carbocycles. The van der Waals surface area contributed by atoms with E-state index in [2.05, 4.69) is 0 Å². The number of sulfonamides is 1. The van der Waals surface area contributed by atoms with Gasteiger partial charge in [0.25, 0.3) is 0 Å². The van der Waals surface area contributed by atoms with Gasteiger partial charge in [-0.2, -0.15) is 4.31 Å². The van der Waals surface area contributed by atoms with Crippen LogP contribution in [0.5, 0.6) is 0 Å². The zero-order valence-electron chi connectivity index (χ0n) is 16.4. The third-order valence-electron chi connectivity index (χ3n) is 5.43. The van der Waals surface area contributed by atoms with Crippen molar-refractivity contribution in [1.82, 2.24) is 9.21 Å². The van der Waals surface area contributed by atoms with Crippen molar-refractivity contribution in [2.24, 2.45) is 0 Å². The molecule has 0 bridgehead atoms. The molecule has 0 atom stereocenters. The second kappa shape index (κ2) is 9.46. The van der Waals surface area contributed by atoms with Crippen LogP contribution in [-0.2, 0) is 24.3 Å². The number of amides is 1. The van der Waals surface area contributed by atoms with E-state index in [1.165, 1.54) is 11.4 Å². The number of nitrogens with zero attached hydrogens (tertiary/aromatic N) is 2. The van der Waals surface area contributed by atoms with Crippen LogP contribution in [0, 0.1) is 11.6 Å². The Balaban J connectivity index is 1.72. The molecule has 2 aliphatic rings. The highest BCUT2D eigenvalue weighted by molar-refractivity contribution is 7.89. The predicted octanol–water partition coefficient (Wildman–Crippen LogP) is 1.77. The maximum atomic E-state index is 13.5. The van der Waals surface area contributed by atoms with Crippen molar-refractivity contribution in [1.29, 1.82) is 0 Å². The molecular weight excluding hydrogens is 406 g/mol. The molecular formula is C19H26F2N2O5S. The first-order valence-corrected chi connectivity index (χ1v) is 11.1. The topological polar surface area (TPSA) is 76.2 Å². The number of methoxy groups -OCH3 is 1. The van der Waals surface area contributed by atoms with Gasteiger partial charge in [-0.25, -0.2) is 17.2 Å². The summed E-state index contributed by atoms with van der Waals surface area (Å²) in [5.41, 5.74) is 0. The Morgan fingerprint density at radius 1 is 1.10 bits per heavy atom. The van der Waals surface area contributed by atoms with E-state index in [0.717, 1.165) is 25.0 Å². The minimum absolute atomic E-state index is 0.0293. The monoisotopic (exact) mass is 432 g/mol. The summed E-state index contributed by atoms with van der Waals surface area (Å²) in [7, 11) is -2.54. The van der Waals surface area contributed by atoms with Gasteiger partial charge in [0, 0.05) is 51.6 Å². The van der Waals surface area contributed by atoms with Crippen LogP contribution in [0.1, 0.15) is 25.7 Å². The standard InChI is InChI=1S/C19H26F2N2O5S/c1-27-13-19(24)23(17-4-8-28-9-5-17)16-2-6-22(7-3-16)29(25,26)18-11-14(20)10-15(21)12-18/h10-12,16-17H,2-9,13H2,1H3. The lowest BCUT2D eigenvalue weighted by molar-refractivity contribution is -0.143. The van der Waals surface area contributed by atoms with Crippen LogP contribution in [-0.4, -0.2) is 75.6 Å². The summed E-state index contributed by atoms with van der Waals surface area (Å²) in [6.45, 7) is 1.48. The lowest BCUT2D eigenvalue weighted by Crippen LogP contribution is -2.54. The molecule has 1 aromatic rings. The molecule has 0 radical (unpaired) electrons. The van der Waals surface area contributed by atoms with Gasteiger partial charge in [0.15, 0.2) is 0 Å². The van der Waals surface area contributed by atoms with Crippen LogP contribution < -0.4 is 0 Å². The summed E-state index contributed by atoms with van der Waals surface area (Å²) in [5, 5.41) is 0. The van der Waals surface area contributed by atoms with Gasteiger partial charge in [-0.15, -0.1) is 0 Å². The fourth-order valence-electron chi connectivity index (χ4n) is 4.05. The van der Waals surface area contributed by atoms with E-state index >= 15 is 0 Å². The molecule has 7 nitrogen and oxygen atoms in total. The molecule has 2 heterocycles. The fourth-order valence-corrected chi connectivity index (χ4v) is 5.57. The van der Waals surface area contributed by atoms with Crippen LogP contribution in [0.2, 0.25) is 0 Å². The van der Waals surface area contributed by atoms with Crippen molar-refractivity contribution >= 4 is 15.9 Å². The lowest BCUT2D eigenvalue weighted by Gasteiger charge is -2.43. The number of halogens is 2. The normalized spacial score (nSPS) is 20.0. The quantitative estimate of drug-likeness (QED) is 0.685. The Morgan fingerprint density at radius 3 is 2.21 bits per heavy atom. The number of carbonyl (C=O) groups is 1. The smallest absolute Gasteiger partial charge is 0.249 e. The molecule has 0 aliphatic carbocycles. The number of ether oxygens (including phenoxy) is 2. The molecule has 162 valence electrons. The molecule has 10 heteroatoms. The van der Waals surface area contributed by atoms with Gasteiger partial charge in [0.05, 0.1) is 4.90 Å². The van der Waals surface area contributed by atoms with Gasteiger partial charge in [0.1, 0.15) is 18.2 Å². The first-order chi connectivity index (χ1) is 13.8. The molecule has 0 N–H and O–H groups in total. The Morgan fingerprint density at radius 2 is 1.66 bits per heavy atom. The average molecular weight is 432 g/mol. The van der Waals surface area contributed by atoms with Crippen LogP contribution >= 0.6 is 0 Å². The minimum Gasteiger partial charge on any atom is -0.381 e. The number of carbonyl (C=O) groups excluding carboxylic acids is 1. The van der Waals surface area contributed by atoms with Crippen molar-refractivity contribution in [3.63, 3.8) is 0 Å². The van der Waals surface area contributed by atoms with E-state index in [4.69, 9.17) is 9.47 Å². The number of piperidine rings is 1. The third-order valence-corrected chi connectivity index (χ3v) is 7.31. The van der Waals surface area contributed by atoms with Gasteiger partial charge in [-0.3, -0.25) is 4.79 Å². The number of hydrogen-bond acceptors (Lipinski definition) is 5. The summed E-state index contributed by atoms with van der Waals surface area (Å²) in [5.74, 6) is -1.99. The van der Waals surface area contributed by atoms with Gasteiger partial charge >= 0.3 is 0 Å². The van der Waals surface area contributed by atoms with E-state index in [1.54, 1.807) is 0 Å². The molecule has 0 unspecified atom stereocenters. The summed E-state index contributed by atoms with van der Waals surface area (Å²) < 4.78 is 64.1. The van der Waals surface area contributed by atoms with Crippen molar-refractivity contribution in [3.8, 4) is 0 Å². The van der Waals surface area contributed by atoms with E-state index in [-0.39, 0.29) is 37.7 Å².